The number of nitrogens with zero attached hydrogens (tertiary/aromatic N) is 1. The lowest BCUT2D eigenvalue weighted by Gasteiger charge is -2.15. The monoisotopic (exact) mass is 442 g/mol. The summed E-state index contributed by atoms with van der Waals surface area (Å²) in [6, 6.07) is 12.5. The third-order valence-electron chi connectivity index (χ3n) is 4.36. The summed E-state index contributed by atoms with van der Waals surface area (Å²) >= 11 is 1.29. The maximum atomic E-state index is 12.6. The summed E-state index contributed by atoms with van der Waals surface area (Å²) < 4.78 is 21.0. The fourth-order valence-electron chi connectivity index (χ4n) is 2.76. The van der Waals surface area contributed by atoms with E-state index in [0.29, 0.717) is 22.4 Å². The molecule has 0 radical (unpaired) electrons. The standard InChI is InChI=1S/C22H22N2O6S/c1-13(20(25)24-22-23-16(12-31-22)14-8-6-5-7-9-14)30-21(26)15-10-17(27-2)19(29-4)18(11-15)28-3/h5-13H,1-4H3,(H,23,24,25). The molecular formula is C22H22N2O6S. The number of carbonyl (C=O) groups is 2. The van der Waals surface area contributed by atoms with Crippen molar-refractivity contribution in [1.29, 1.82) is 0 Å². The van der Waals surface area contributed by atoms with E-state index in [9.17, 15) is 9.59 Å². The maximum absolute atomic E-state index is 12.6. The van der Waals surface area contributed by atoms with E-state index in [0.717, 1.165) is 11.3 Å². The van der Waals surface area contributed by atoms with Crippen LogP contribution in [-0.2, 0) is 9.53 Å². The van der Waals surface area contributed by atoms with Gasteiger partial charge in [-0.15, -0.1) is 11.3 Å². The second-order valence-corrected chi connectivity index (χ2v) is 7.21. The number of nitrogens with one attached hydrogen (secondary N) is 1. The first-order valence-electron chi connectivity index (χ1n) is 9.29. The summed E-state index contributed by atoms with van der Waals surface area (Å²) in [4.78, 5) is 29.5. The molecule has 162 valence electrons. The summed E-state index contributed by atoms with van der Waals surface area (Å²) in [6.45, 7) is 1.48. The van der Waals surface area contributed by atoms with E-state index in [1.165, 1.54) is 51.7 Å². The van der Waals surface area contributed by atoms with Crippen molar-refractivity contribution in [3.8, 4) is 28.5 Å². The van der Waals surface area contributed by atoms with Gasteiger partial charge >= 0.3 is 5.97 Å². The molecule has 0 saturated heterocycles. The van der Waals surface area contributed by atoms with Crippen molar-refractivity contribution in [2.45, 2.75) is 13.0 Å². The minimum atomic E-state index is -1.05. The quantitative estimate of drug-likeness (QED) is 0.526. The Kier molecular flexibility index (Phi) is 7.09. The molecule has 0 aliphatic carbocycles. The van der Waals surface area contributed by atoms with E-state index in [4.69, 9.17) is 18.9 Å². The molecule has 3 rings (SSSR count). The molecule has 31 heavy (non-hydrogen) atoms. The third kappa shape index (κ3) is 5.13. The molecule has 9 heteroatoms. The predicted molar refractivity (Wildman–Crippen MR) is 117 cm³/mol. The Labute approximate surface area is 183 Å². The number of benzene rings is 2. The second kappa shape index (κ2) is 9.94. The van der Waals surface area contributed by atoms with Crippen LogP contribution in [0.15, 0.2) is 47.8 Å². The summed E-state index contributed by atoms with van der Waals surface area (Å²) in [5, 5.41) is 4.93. The lowest BCUT2D eigenvalue weighted by Crippen LogP contribution is -2.30. The minimum absolute atomic E-state index is 0.162. The highest BCUT2D eigenvalue weighted by Gasteiger charge is 2.23. The fourth-order valence-corrected chi connectivity index (χ4v) is 3.48. The number of hydrogen-bond donors (Lipinski definition) is 1. The van der Waals surface area contributed by atoms with E-state index in [2.05, 4.69) is 10.3 Å². The highest BCUT2D eigenvalue weighted by molar-refractivity contribution is 7.14. The molecule has 0 bridgehead atoms. The predicted octanol–water partition coefficient (Wildman–Crippen LogP) is 4.02. The van der Waals surface area contributed by atoms with E-state index >= 15 is 0 Å². The number of rotatable bonds is 8. The largest absolute Gasteiger partial charge is 0.493 e. The minimum Gasteiger partial charge on any atom is -0.493 e. The summed E-state index contributed by atoms with van der Waals surface area (Å²) in [5.41, 5.74) is 1.86. The van der Waals surface area contributed by atoms with Gasteiger partial charge in [-0.3, -0.25) is 10.1 Å². The molecule has 0 spiro atoms. The number of esters is 1. The van der Waals surface area contributed by atoms with Crippen molar-refractivity contribution in [3.05, 3.63) is 53.4 Å². The van der Waals surface area contributed by atoms with Crippen LogP contribution in [0.25, 0.3) is 11.3 Å². The molecule has 0 saturated carbocycles. The molecule has 2 aromatic carbocycles. The SMILES string of the molecule is COc1cc(C(=O)OC(C)C(=O)Nc2nc(-c3ccccc3)cs2)cc(OC)c1OC. The van der Waals surface area contributed by atoms with Crippen LogP contribution in [-0.4, -0.2) is 44.3 Å². The number of ether oxygens (including phenoxy) is 4. The highest BCUT2D eigenvalue weighted by atomic mass is 32.1. The van der Waals surface area contributed by atoms with Crippen LogP contribution in [0.1, 0.15) is 17.3 Å². The van der Waals surface area contributed by atoms with Crippen molar-refractivity contribution in [2.75, 3.05) is 26.6 Å². The Morgan fingerprint density at radius 3 is 2.23 bits per heavy atom. The molecule has 1 heterocycles. The Balaban J connectivity index is 1.67. The Morgan fingerprint density at radius 2 is 1.65 bits per heavy atom. The molecule has 0 fully saturated rings. The number of thiazole rings is 1. The van der Waals surface area contributed by atoms with Crippen LogP contribution in [0.4, 0.5) is 5.13 Å². The first-order chi connectivity index (χ1) is 15.0. The molecule has 1 N–H and O–H groups in total. The van der Waals surface area contributed by atoms with Gasteiger partial charge in [-0.05, 0) is 19.1 Å². The Hall–Kier alpha value is -3.59. The first kappa shape index (κ1) is 22.1. The van der Waals surface area contributed by atoms with Gasteiger partial charge in [0.25, 0.3) is 5.91 Å². The van der Waals surface area contributed by atoms with E-state index in [1.54, 1.807) is 0 Å². The molecular weight excluding hydrogens is 420 g/mol. The average molecular weight is 442 g/mol. The molecule has 1 atom stereocenters. The molecule has 0 aliphatic heterocycles. The highest BCUT2D eigenvalue weighted by Crippen LogP contribution is 2.38. The number of aromatic nitrogens is 1. The van der Waals surface area contributed by atoms with Crippen LogP contribution in [0, 0.1) is 0 Å². The lowest BCUT2D eigenvalue weighted by atomic mass is 10.2. The van der Waals surface area contributed by atoms with Crippen molar-refractivity contribution < 1.29 is 28.5 Å². The number of hydrogen-bond acceptors (Lipinski definition) is 8. The molecule has 0 aliphatic rings. The van der Waals surface area contributed by atoms with Crippen LogP contribution in [0.5, 0.6) is 17.2 Å². The van der Waals surface area contributed by atoms with Gasteiger partial charge in [0.1, 0.15) is 0 Å². The molecule has 3 aromatic rings. The zero-order chi connectivity index (χ0) is 22.4. The van der Waals surface area contributed by atoms with Crippen LogP contribution in [0.2, 0.25) is 0 Å². The van der Waals surface area contributed by atoms with Gasteiger partial charge in [-0.25, -0.2) is 9.78 Å². The number of anilines is 1. The van der Waals surface area contributed by atoms with Crippen molar-refractivity contribution in [3.63, 3.8) is 0 Å². The Bertz CT molecular complexity index is 1040. The smallest absolute Gasteiger partial charge is 0.339 e. The number of carbonyl (C=O) groups excluding carboxylic acids is 2. The summed E-state index contributed by atoms with van der Waals surface area (Å²) in [6.07, 6.45) is -1.05. The van der Waals surface area contributed by atoms with Gasteiger partial charge in [-0.2, -0.15) is 0 Å². The lowest BCUT2D eigenvalue weighted by molar-refractivity contribution is -0.123. The van der Waals surface area contributed by atoms with E-state index < -0.39 is 18.0 Å². The average Bonchev–Trinajstić information content (AvgIpc) is 3.26. The van der Waals surface area contributed by atoms with Crippen LogP contribution >= 0.6 is 11.3 Å². The van der Waals surface area contributed by atoms with Gasteiger partial charge in [0.05, 0.1) is 32.6 Å². The van der Waals surface area contributed by atoms with Crippen molar-refractivity contribution in [1.82, 2.24) is 4.98 Å². The summed E-state index contributed by atoms with van der Waals surface area (Å²) in [5.74, 6) is -0.227. The van der Waals surface area contributed by atoms with Crippen molar-refractivity contribution in [2.24, 2.45) is 0 Å². The van der Waals surface area contributed by atoms with E-state index in [-0.39, 0.29) is 5.56 Å². The topological polar surface area (TPSA) is 96.0 Å². The van der Waals surface area contributed by atoms with Crippen LogP contribution in [0.3, 0.4) is 0 Å². The zero-order valence-corrected chi connectivity index (χ0v) is 18.3. The normalized spacial score (nSPS) is 11.4. The number of amides is 1. The van der Waals surface area contributed by atoms with Gasteiger partial charge in [0.15, 0.2) is 22.7 Å². The van der Waals surface area contributed by atoms with Gasteiger partial charge in [0, 0.05) is 10.9 Å². The maximum Gasteiger partial charge on any atom is 0.339 e. The fraction of sp³-hybridized carbons (Fsp3) is 0.227. The molecule has 1 aromatic heterocycles. The van der Waals surface area contributed by atoms with E-state index in [1.807, 2.05) is 35.7 Å². The zero-order valence-electron chi connectivity index (χ0n) is 17.5. The first-order valence-corrected chi connectivity index (χ1v) is 10.2. The molecule has 8 nitrogen and oxygen atoms in total. The summed E-state index contributed by atoms with van der Waals surface area (Å²) in [7, 11) is 4.35. The van der Waals surface area contributed by atoms with Gasteiger partial charge < -0.3 is 18.9 Å². The van der Waals surface area contributed by atoms with Crippen LogP contribution < -0.4 is 19.5 Å². The van der Waals surface area contributed by atoms with Gasteiger partial charge in [0.2, 0.25) is 5.75 Å². The van der Waals surface area contributed by atoms with Crippen molar-refractivity contribution >= 4 is 28.3 Å². The van der Waals surface area contributed by atoms with Gasteiger partial charge in [-0.1, -0.05) is 30.3 Å². The second-order valence-electron chi connectivity index (χ2n) is 6.35. The molecule has 1 amide bonds. The third-order valence-corrected chi connectivity index (χ3v) is 5.12. The Morgan fingerprint density at radius 1 is 1.00 bits per heavy atom. The molecule has 1 unspecified atom stereocenters. The number of methoxy groups -OCH3 is 3.